The van der Waals surface area contributed by atoms with Gasteiger partial charge in [0.15, 0.2) is 0 Å². The molecule has 0 aromatic carbocycles. The van der Waals surface area contributed by atoms with E-state index >= 15 is 0 Å². The molecular weight excluding hydrogens is 214 g/mol. The molecule has 17 heavy (non-hydrogen) atoms. The van der Waals surface area contributed by atoms with Gasteiger partial charge in [0.25, 0.3) is 5.91 Å². The van der Waals surface area contributed by atoms with Gasteiger partial charge in [0.2, 0.25) is 0 Å². The number of nitrogens with zero attached hydrogens (tertiary/aromatic N) is 1. The number of amides is 1. The molecule has 3 N–H and O–H groups in total. The van der Waals surface area contributed by atoms with Crippen molar-refractivity contribution in [1.82, 2.24) is 9.88 Å². The maximum atomic E-state index is 12.1. The highest BCUT2D eigenvalue weighted by Gasteiger charge is 2.36. The predicted molar refractivity (Wildman–Crippen MR) is 68.8 cm³/mol. The number of aryl methyl sites for hydroxylation is 1. The summed E-state index contributed by atoms with van der Waals surface area (Å²) < 4.78 is 1.94. The average molecular weight is 235 g/mol. The molecule has 0 spiro atoms. The van der Waals surface area contributed by atoms with Crippen molar-refractivity contribution in [2.24, 2.45) is 5.92 Å². The van der Waals surface area contributed by atoms with Gasteiger partial charge in [-0.25, -0.2) is 0 Å². The highest BCUT2D eigenvalue weighted by Crippen LogP contribution is 2.33. The molecule has 0 aliphatic heterocycles. The van der Waals surface area contributed by atoms with Crippen molar-refractivity contribution >= 4 is 11.6 Å². The second-order valence-electron chi connectivity index (χ2n) is 4.84. The van der Waals surface area contributed by atoms with Crippen molar-refractivity contribution in [3.8, 4) is 0 Å². The van der Waals surface area contributed by atoms with E-state index in [1.165, 1.54) is 0 Å². The molecule has 0 saturated heterocycles. The van der Waals surface area contributed by atoms with Gasteiger partial charge < -0.3 is 15.6 Å². The second kappa shape index (κ2) is 4.82. The van der Waals surface area contributed by atoms with E-state index in [1.54, 1.807) is 6.07 Å². The molecule has 94 valence electrons. The summed E-state index contributed by atoms with van der Waals surface area (Å²) in [5, 5.41) is 3.07. The highest BCUT2D eigenvalue weighted by molar-refractivity contribution is 5.94. The number of rotatable bonds is 5. The van der Waals surface area contributed by atoms with Crippen LogP contribution < -0.4 is 11.1 Å². The molecule has 0 bridgehead atoms. The van der Waals surface area contributed by atoms with Crippen LogP contribution in [-0.4, -0.2) is 16.5 Å². The molecular formula is C13H21N3O. The lowest BCUT2D eigenvalue weighted by molar-refractivity contribution is 0.0939. The molecule has 1 amide bonds. The lowest BCUT2D eigenvalue weighted by Gasteiger charge is -2.08. The minimum atomic E-state index is 0.0103. The van der Waals surface area contributed by atoms with Gasteiger partial charge >= 0.3 is 0 Å². The molecule has 2 unspecified atom stereocenters. The molecule has 1 aromatic rings. The van der Waals surface area contributed by atoms with Crippen LogP contribution in [0.5, 0.6) is 0 Å². The summed E-state index contributed by atoms with van der Waals surface area (Å²) in [5.74, 6) is 0.682. The highest BCUT2D eigenvalue weighted by atomic mass is 16.2. The summed E-state index contributed by atoms with van der Waals surface area (Å²) in [6, 6.07) is 2.13. The van der Waals surface area contributed by atoms with Gasteiger partial charge in [0.1, 0.15) is 5.69 Å². The Morgan fingerprint density at radius 3 is 2.94 bits per heavy atom. The molecule has 2 rings (SSSR count). The van der Waals surface area contributed by atoms with Crippen LogP contribution in [0.3, 0.4) is 0 Å². The normalized spacial score (nSPS) is 22.5. The largest absolute Gasteiger partial charge is 0.397 e. The first-order valence-electron chi connectivity index (χ1n) is 6.42. The third-order valence-corrected chi connectivity index (χ3v) is 3.38. The number of carbonyl (C=O) groups is 1. The summed E-state index contributed by atoms with van der Waals surface area (Å²) in [7, 11) is 0. The SMILES string of the molecule is CCCn1cc(N)cc1C(=O)NC1CC1CC. The van der Waals surface area contributed by atoms with E-state index in [-0.39, 0.29) is 5.91 Å². The standard InChI is InChI=1S/C13H21N3O/c1-3-5-16-8-10(14)7-12(16)13(17)15-11-6-9(11)4-2/h7-9,11H,3-6,14H2,1-2H3,(H,15,17). The summed E-state index contributed by atoms with van der Waals surface area (Å²) in [6.07, 6.45) is 5.09. The van der Waals surface area contributed by atoms with Gasteiger partial charge in [-0.15, -0.1) is 0 Å². The van der Waals surface area contributed by atoms with Crippen molar-refractivity contribution in [1.29, 1.82) is 0 Å². The quantitative estimate of drug-likeness (QED) is 0.820. The first-order chi connectivity index (χ1) is 8.15. The first kappa shape index (κ1) is 12.0. The zero-order valence-corrected chi connectivity index (χ0v) is 10.6. The van der Waals surface area contributed by atoms with Crippen molar-refractivity contribution in [2.75, 3.05) is 5.73 Å². The van der Waals surface area contributed by atoms with E-state index in [4.69, 9.17) is 5.73 Å². The van der Waals surface area contributed by atoms with E-state index < -0.39 is 0 Å². The van der Waals surface area contributed by atoms with Crippen molar-refractivity contribution in [2.45, 2.75) is 45.7 Å². The Morgan fingerprint density at radius 1 is 1.59 bits per heavy atom. The van der Waals surface area contributed by atoms with Crippen LogP contribution in [0.15, 0.2) is 12.3 Å². The van der Waals surface area contributed by atoms with Gasteiger partial charge in [-0.1, -0.05) is 20.3 Å². The van der Waals surface area contributed by atoms with Crippen molar-refractivity contribution in [3.63, 3.8) is 0 Å². The van der Waals surface area contributed by atoms with E-state index in [0.29, 0.717) is 23.3 Å². The number of nitrogens with two attached hydrogens (primary N) is 1. The van der Waals surface area contributed by atoms with Crippen LogP contribution in [-0.2, 0) is 6.54 Å². The van der Waals surface area contributed by atoms with E-state index in [1.807, 2.05) is 10.8 Å². The molecule has 1 aliphatic rings. The molecule has 1 fully saturated rings. The lowest BCUT2D eigenvalue weighted by atomic mass is 10.3. The molecule has 4 nitrogen and oxygen atoms in total. The maximum Gasteiger partial charge on any atom is 0.268 e. The van der Waals surface area contributed by atoms with Gasteiger partial charge in [-0.05, 0) is 24.8 Å². The molecule has 4 heteroatoms. The fourth-order valence-electron chi connectivity index (χ4n) is 2.27. The van der Waals surface area contributed by atoms with Crippen molar-refractivity contribution < 1.29 is 4.79 Å². The summed E-state index contributed by atoms with van der Waals surface area (Å²) in [6.45, 7) is 5.09. The molecule has 1 saturated carbocycles. The number of aromatic nitrogens is 1. The molecule has 1 aromatic heterocycles. The van der Waals surface area contributed by atoms with Crippen LogP contribution in [0.1, 0.15) is 43.6 Å². The van der Waals surface area contributed by atoms with Gasteiger partial charge in [0.05, 0.1) is 5.69 Å². The Hall–Kier alpha value is -1.45. The van der Waals surface area contributed by atoms with Gasteiger partial charge in [0, 0.05) is 18.8 Å². The Balaban J connectivity index is 2.03. The monoisotopic (exact) mass is 235 g/mol. The van der Waals surface area contributed by atoms with Crippen LogP contribution in [0.2, 0.25) is 0 Å². The molecule has 1 aliphatic carbocycles. The Kier molecular flexibility index (Phi) is 3.41. The lowest BCUT2D eigenvalue weighted by Crippen LogP contribution is -2.28. The zero-order valence-electron chi connectivity index (χ0n) is 10.6. The van der Waals surface area contributed by atoms with Gasteiger partial charge in [-0.2, -0.15) is 0 Å². The Labute approximate surface area is 102 Å². The van der Waals surface area contributed by atoms with Crippen LogP contribution >= 0.6 is 0 Å². The Bertz CT molecular complexity index is 411. The fourth-order valence-corrected chi connectivity index (χ4v) is 2.27. The third-order valence-electron chi connectivity index (χ3n) is 3.38. The fraction of sp³-hybridized carbons (Fsp3) is 0.615. The number of hydrogen-bond donors (Lipinski definition) is 2. The number of hydrogen-bond acceptors (Lipinski definition) is 2. The minimum absolute atomic E-state index is 0.0103. The zero-order chi connectivity index (χ0) is 12.4. The smallest absolute Gasteiger partial charge is 0.268 e. The van der Waals surface area contributed by atoms with Crippen LogP contribution in [0.4, 0.5) is 5.69 Å². The summed E-state index contributed by atoms with van der Waals surface area (Å²) >= 11 is 0. The predicted octanol–water partition coefficient (Wildman–Crippen LogP) is 2.01. The van der Waals surface area contributed by atoms with E-state index in [2.05, 4.69) is 19.2 Å². The summed E-state index contributed by atoms with van der Waals surface area (Å²) in [5.41, 5.74) is 7.09. The number of anilines is 1. The second-order valence-corrected chi connectivity index (χ2v) is 4.84. The molecule has 0 radical (unpaired) electrons. The number of nitrogens with one attached hydrogen (secondary N) is 1. The number of nitrogen functional groups attached to an aromatic ring is 1. The average Bonchev–Trinajstić information content (AvgIpc) is 2.94. The first-order valence-corrected chi connectivity index (χ1v) is 6.42. The van der Waals surface area contributed by atoms with E-state index in [9.17, 15) is 4.79 Å². The maximum absolute atomic E-state index is 12.1. The minimum Gasteiger partial charge on any atom is -0.397 e. The van der Waals surface area contributed by atoms with Gasteiger partial charge in [-0.3, -0.25) is 4.79 Å². The van der Waals surface area contributed by atoms with E-state index in [0.717, 1.165) is 25.8 Å². The third kappa shape index (κ3) is 2.62. The van der Waals surface area contributed by atoms with Crippen LogP contribution in [0.25, 0.3) is 0 Å². The number of carbonyl (C=O) groups excluding carboxylic acids is 1. The van der Waals surface area contributed by atoms with Crippen molar-refractivity contribution in [3.05, 3.63) is 18.0 Å². The summed E-state index contributed by atoms with van der Waals surface area (Å²) in [4.78, 5) is 12.1. The Morgan fingerprint density at radius 2 is 2.35 bits per heavy atom. The molecule has 2 atom stereocenters. The topological polar surface area (TPSA) is 60.0 Å². The van der Waals surface area contributed by atoms with Crippen LogP contribution in [0, 0.1) is 5.92 Å². The molecule has 1 heterocycles.